The van der Waals surface area contributed by atoms with Crippen LogP contribution >= 0.6 is 0 Å². The Labute approximate surface area is 102 Å². The van der Waals surface area contributed by atoms with Crippen molar-refractivity contribution in [1.82, 2.24) is 0 Å². The minimum absolute atomic E-state index is 0.242. The highest BCUT2D eigenvalue weighted by atomic mass is 16.5. The lowest BCUT2D eigenvalue weighted by Crippen LogP contribution is -2.13. The van der Waals surface area contributed by atoms with E-state index in [4.69, 9.17) is 15.7 Å². The number of benzene rings is 1. The molecule has 0 fully saturated rings. The van der Waals surface area contributed by atoms with Crippen LogP contribution in [0.3, 0.4) is 0 Å². The molecule has 0 aliphatic rings. The Morgan fingerprint density at radius 1 is 1.29 bits per heavy atom. The van der Waals surface area contributed by atoms with Crippen molar-refractivity contribution < 1.29 is 9.94 Å². The summed E-state index contributed by atoms with van der Waals surface area (Å²) in [5, 5.41) is 11.3. The Morgan fingerprint density at radius 3 is 2.59 bits per heavy atom. The summed E-state index contributed by atoms with van der Waals surface area (Å²) in [7, 11) is 0. The highest BCUT2D eigenvalue weighted by Crippen LogP contribution is 2.25. The van der Waals surface area contributed by atoms with Crippen molar-refractivity contribution in [3.63, 3.8) is 0 Å². The molecular weight excluding hydrogens is 216 g/mol. The SMILES string of the molecule is Cc1ccc(C)c(OCCC/C(N)=N/O)c1C. The molecule has 4 nitrogen and oxygen atoms in total. The van der Waals surface area contributed by atoms with E-state index in [1.54, 1.807) is 0 Å². The average molecular weight is 236 g/mol. The summed E-state index contributed by atoms with van der Waals surface area (Å²) in [6.45, 7) is 6.73. The summed E-state index contributed by atoms with van der Waals surface area (Å²) < 4.78 is 5.75. The first-order valence-corrected chi connectivity index (χ1v) is 5.72. The molecule has 0 bridgehead atoms. The summed E-state index contributed by atoms with van der Waals surface area (Å²) in [6.07, 6.45) is 1.28. The smallest absolute Gasteiger partial charge is 0.139 e. The first-order valence-electron chi connectivity index (χ1n) is 5.72. The molecule has 0 spiro atoms. The van der Waals surface area contributed by atoms with Crippen molar-refractivity contribution >= 4 is 5.84 Å². The van der Waals surface area contributed by atoms with Gasteiger partial charge in [0.25, 0.3) is 0 Å². The molecule has 0 radical (unpaired) electrons. The Kier molecular flexibility index (Phi) is 4.82. The highest BCUT2D eigenvalue weighted by Gasteiger charge is 2.06. The first kappa shape index (κ1) is 13.4. The van der Waals surface area contributed by atoms with Gasteiger partial charge in [-0.15, -0.1) is 0 Å². The maximum atomic E-state index is 8.40. The van der Waals surface area contributed by atoms with Crippen LogP contribution in [0.25, 0.3) is 0 Å². The molecular formula is C13H20N2O2. The summed E-state index contributed by atoms with van der Waals surface area (Å²) in [5.74, 6) is 1.19. The highest BCUT2D eigenvalue weighted by molar-refractivity contribution is 5.79. The van der Waals surface area contributed by atoms with Crippen LogP contribution in [0.4, 0.5) is 0 Å². The van der Waals surface area contributed by atoms with Crippen molar-refractivity contribution in [3.05, 3.63) is 28.8 Å². The lowest BCUT2D eigenvalue weighted by Gasteiger charge is -2.13. The van der Waals surface area contributed by atoms with Crippen LogP contribution in [-0.4, -0.2) is 17.6 Å². The molecule has 0 unspecified atom stereocenters. The summed E-state index contributed by atoms with van der Waals surface area (Å²) in [6, 6.07) is 4.15. The van der Waals surface area contributed by atoms with Gasteiger partial charge in [-0.05, 0) is 43.9 Å². The topological polar surface area (TPSA) is 67.8 Å². The average Bonchev–Trinajstić information content (AvgIpc) is 2.32. The van der Waals surface area contributed by atoms with Gasteiger partial charge in [-0.2, -0.15) is 0 Å². The number of rotatable bonds is 5. The molecule has 0 aromatic heterocycles. The number of ether oxygens (including phenoxy) is 1. The molecule has 0 aliphatic heterocycles. The molecule has 4 heteroatoms. The molecule has 0 aliphatic carbocycles. The maximum Gasteiger partial charge on any atom is 0.139 e. The zero-order valence-electron chi connectivity index (χ0n) is 10.7. The van der Waals surface area contributed by atoms with E-state index in [1.165, 1.54) is 11.1 Å². The number of hydrogen-bond acceptors (Lipinski definition) is 3. The van der Waals surface area contributed by atoms with E-state index >= 15 is 0 Å². The van der Waals surface area contributed by atoms with E-state index in [2.05, 4.69) is 31.1 Å². The number of oxime groups is 1. The zero-order chi connectivity index (χ0) is 12.8. The first-order chi connectivity index (χ1) is 8.06. The van der Waals surface area contributed by atoms with E-state index in [0.717, 1.165) is 17.7 Å². The second-order valence-corrected chi connectivity index (χ2v) is 4.20. The third kappa shape index (κ3) is 3.66. The fourth-order valence-corrected chi connectivity index (χ4v) is 1.63. The minimum atomic E-state index is 0.242. The molecule has 1 aromatic carbocycles. The van der Waals surface area contributed by atoms with Crippen LogP contribution in [-0.2, 0) is 0 Å². The molecule has 0 amide bonds. The molecule has 0 atom stereocenters. The fourth-order valence-electron chi connectivity index (χ4n) is 1.63. The number of nitrogens with zero attached hydrogens (tertiary/aromatic N) is 1. The van der Waals surface area contributed by atoms with Crippen LogP contribution in [0.2, 0.25) is 0 Å². The predicted molar refractivity (Wildman–Crippen MR) is 68.8 cm³/mol. The van der Waals surface area contributed by atoms with E-state index in [0.29, 0.717) is 13.0 Å². The maximum absolute atomic E-state index is 8.40. The molecule has 94 valence electrons. The van der Waals surface area contributed by atoms with E-state index in [1.807, 2.05) is 6.92 Å². The molecule has 17 heavy (non-hydrogen) atoms. The van der Waals surface area contributed by atoms with Crippen LogP contribution < -0.4 is 10.5 Å². The van der Waals surface area contributed by atoms with Gasteiger partial charge in [0.05, 0.1) is 6.61 Å². The number of hydrogen-bond donors (Lipinski definition) is 2. The van der Waals surface area contributed by atoms with E-state index in [9.17, 15) is 0 Å². The van der Waals surface area contributed by atoms with E-state index in [-0.39, 0.29) is 5.84 Å². The number of amidine groups is 1. The minimum Gasteiger partial charge on any atom is -0.493 e. The summed E-state index contributed by atoms with van der Waals surface area (Å²) >= 11 is 0. The van der Waals surface area contributed by atoms with Gasteiger partial charge in [0, 0.05) is 6.42 Å². The van der Waals surface area contributed by atoms with E-state index < -0.39 is 0 Å². The second-order valence-electron chi connectivity index (χ2n) is 4.20. The monoisotopic (exact) mass is 236 g/mol. The quantitative estimate of drug-likeness (QED) is 0.271. The fraction of sp³-hybridized carbons (Fsp3) is 0.462. The van der Waals surface area contributed by atoms with Gasteiger partial charge in [-0.3, -0.25) is 0 Å². The van der Waals surface area contributed by atoms with Gasteiger partial charge in [-0.1, -0.05) is 17.3 Å². The molecule has 1 aromatic rings. The lowest BCUT2D eigenvalue weighted by atomic mass is 10.1. The molecule has 3 N–H and O–H groups in total. The third-order valence-corrected chi connectivity index (χ3v) is 2.83. The van der Waals surface area contributed by atoms with Gasteiger partial charge in [0.1, 0.15) is 11.6 Å². The van der Waals surface area contributed by atoms with Crippen molar-refractivity contribution in [2.24, 2.45) is 10.9 Å². The summed E-state index contributed by atoms with van der Waals surface area (Å²) in [5.41, 5.74) is 8.92. The van der Waals surface area contributed by atoms with Gasteiger partial charge in [-0.25, -0.2) is 0 Å². The van der Waals surface area contributed by atoms with Gasteiger partial charge in [0.15, 0.2) is 0 Å². The number of aryl methyl sites for hydroxylation is 2. The van der Waals surface area contributed by atoms with Crippen LogP contribution in [0.15, 0.2) is 17.3 Å². The normalized spacial score (nSPS) is 11.6. The standard InChI is InChI=1S/C13H20N2O2/c1-9-6-7-10(2)13(11(9)3)17-8-4-5-12(14)15-16/h6-7,16H,4-5,8H2,1-3H3,(H2,14,15). The van der Waals surface area contributed by atoms with Crippen LogP contribution in [0.5, 0.6) is 5.75 Å². The Balaban J connectivity index is 2.55. The molecule has 0 saturated carbocycles. The van der Waals surface area contributed by atoms with Crippen LogP contribution in [0, 0.1) is 20.8 Å². The predicted octanol–water partition coefficient (Wildman–Crippen LogP) is 2.52. The zero-order valence-corrected chi connectivity index (χ0v) is 10.7. The Hall–Kier alpha value is -1.71. The van der Waals surface area contributed by atoms with Crippen LogP contribution in [0.1, 0.15) is 29.5 Å². The lowest BCUT2D eigenvalue weighted by molar-refractivity contribution is 0.302. The van der Waals surface area contributed by atoms with Crippen molar-refractivity contribution in [2.75, 3.05) is 6.61 Å². The summed E-state index contributed by atoms with van der Waals surface area (Å²) in [4.78, 5) is 0. The van der Waals surface area contributed by atoms with Crippen molar-refractivity contribution in [2.45, 2.75) is 33.6 Å². The third-order valence-electron chi connectivity index (χ3n) is 2.83. The largest absolute Gasteiger partial charge is 0.493 e. The molecule has 1 rings (SSSR count). The van der Waals surface area contributed by atoms with Gasteiger partial charge >= 0.3 is 0 Å². The Morgan fingerprint density at radius 2 is 1.94 bits per heavy atom. The van der Waals surface area contributed by atoms with Crippen molar-refractivity contribution in [3.8, 4) is 5.75 Å². The Bertz CT molecular complexity index is 414. The number of nitrogens with two attached hydrogens (primary N) is 1. The van der Waals surface area contributed by atoms with Gasteiger partial charge in [0.2, 0.25) is 0 Å². The van der Waals surface area contributed by atoms with Crippen molar-refractivity contribution in [1.29, 1.82) is 0 Å². The molecule has 0 saturated heterocycles. The molecule has 0 heterocycles. The van der Waals surface area contributed by atoms with Gasteiger partial charge < -0.3 is 15.7 Å². The second kappa shape index (κ2) is 6.13.